The second-order valence-electron chi connectivity index (χ2n) is 6.02. The van der Waals surface area contributed by atoms with Crippen molar-refractivity contribution in [2.75, 3.05) is 0 Å². The maximum absolute atomic E-state index is 11.6. The van der Waals surface area contributed by atoms with E-state index in [0.29, 0.717) is 24.7 Å². The highest BCUT2D eigenvalue weighted by atomic mass is 16.4. The highest BCUT2D eigenvalue weighted by Crippen LogP contribution is 2.56. The fourth-order valence-electron chi connectivity index (χ4n) is 3.43. The molecule has 104 valence electrons. The molecule has 0 bridgehead atoms. The van der Waals surface area contributed by atoms with Gasteiger partial charge in [0.25, 0.3) is 0 Å². The SMILES string of the molecule is CCC1CC(C)(C(=O)O)C(C)(C(=O)O)CC1CC. The van der Waals surface area contributed by atoms with E-state index in [0.717, 1.165) is 12.8 Å². The highest BCUT2D eigenvalue weighted by Gasteiger charge is 2.60. The second kappa shape index (κ2) is 4.90. The maximum atomic E-state index is 11.6. The zero-order valence-corrected chi connectivity index (χ0v) is 11.7. The standard InChI is InChI=1S/C14H24O4/c1-5-9-7-13(3,11(15)16)14(4,12(17)18)8-10(9)6-2/h9-10H,5-8H2,1-4H3,(H,15,16)(H,17,18). The third-order valence-corrected chi connectivity index (χ3v) is 5.22. The van der Waals surface area contributed by atoms with E-state index >= 15 is 0 Å². The minimum absolute atomic E-state index is 0.309. The van der Waals surface area contributed by atoms with Gasteiger partial charge in [0.05, 0.1) is 10.8 Å². The summed E-state index contributed by atoms with van der Waals surface area (Å²) in [6.45, 7) is 7.30. The molecule has 4 atom stereocenters. The van der Waals surface area contributed by atoms with E-state index in [9.17, 15) is 19.8 Å². The van der Waals surface area contributed by atoms with Crippen LogP contribution in [0, 0.1) is 22.7 Å². The Kier molecular flexibility index (Phi) is 4.08. The minimum Gasteiger partial charge on any atom is -0.481 e. The van der Waals surface area contributed by atoms with Gasteiger partial charge in [0.2, 0.25) is 0 Å². The van der Waals surface area contributed by atoms with Crippen LogP contribution < -0.4 is 0 Å². The van der Waals surface area contributed by atoms with Gasteiger partial charge < -0.3 is 10.2 Å². The Bertz CT molecular complexity index is 318. The molecular weight excluding hydrogens is 232 g/mol. The summed E-state index contributed by atoms with van der Waals surface area (Å²) in [5.41, 5.74) is -2.35. The highest BCUT2D eigenvalue weighted by molar-refractivity contribution is 5.86. The fraction of sp³-hybridized carbons (Fsp3) is 0.857. The average molecular weight is 256 g/mol. The topological polar surface area (TPSA) is 74.6 Å². The third kappa shape index (κ3) is 2.02. The van der Waals surface area contributed by atoms with Gasteiger partial charge in [0.15, 0.2) is 0 Å². The average Bonchev–Trinajstić information content (AvgIpc) is 2.31. The van der Waals surface area contributed by atoms with Gasteiger partial charge in [-0.05, 0) is 38.5 Å². The van der Waals surface area contributed by atoms with Gasteiger partial charge in [-0.25, -0.2) is 0 Å². The predicted octanol–water partition coefficient (Wildman–Crippen LogP) is 3.01. The molecule has 0 heterocycles. The van der Waals surface area contributed by atoms with Crippen molar-refractivity contribution in [1.29, 1.82) is 0 Å². The maximum Gasteiger partial charge on any atom is 0.310 e. The molecule has 0 aromatic heterocycles. The number of hydrogen-bond acceptors (Lipinski definition) is 2. The van der Waals surface area contributed by atoms with Crippen molar-refractivity contribution in [2.45, 2.75) is 53.4 Å². The van der Waals surface area contributed by atoms with Crippen LogP contribution in [-0.2, 0) is 9.59 Å². The van der Waals surface area contributed by atoms with E-state index in [1.54, 1.807) is 13.8 Å². The summed E-state index contributed by atoms with van der Waals surface area (Å²) in [4.78, 5) is 23.2. The number of aliphatic carboxylic acids is 2. The van der Waals surface area contributed by atoms with E-state index in [1.165, 1.54) is 0 Å². The molecule has 1 saturated carbocycles. The predicted molar refractivity (Wildman–Crippen MR) is 68.3 cm³/mol. The van der Waals surface area contributed by atoms with E-state index in [-0.39, 0.29) is 0 Å². The molecule has 2 N–H and O–H groups in total. The lowest BCUT2D eigenvalue weighted by Gasteiger charge is -2.50. The van der Waals surface area contributed by atoms with Crippen LogP contribution >= 0.6 is 0 Å². The molecule has 1 aliphatic carbocycles. The fourth-order valence-corrected chi connectivity index (χ4v) is 3.43. The summed E-state index contributed by atoms with van der Waals surface area (Å²) in [7, 11) is 0. The molecule has 0 radical (unpaired) electrons. The number of carboxylic acid groups (broad SMARTS) is 2. The Morgan fingerprint density at radius 2 is 1.22 bits per heavy atom. The summed E-state index contributed by atoms with van der Waals surface area (Å²) in [6, 6.07) is 0. The second-order valence-corrected chi connectivity index (χ2v) is 6.02. The number of rotatable bonds is 4. The van der Waals surface area contributed by atoms with Gasteiger partial charge in [0, 0.05) is 0 Å². The lowest BCUT2D eigenvalue weighted by molar-refractivity contribution is -0.181. The first-order valence-corrected chi connectivity index (χ1v) is 6.69. The van der Waals surface area contributed by atoms with E-state index < -0.39 is 22.8 Å². The van der Waals surface area contributed by atoms with Crippen molar-refractivity contribution in [3.8, 4) is 0 Å². The van der Waals surface area contributed by atoms with E-state index in [1.807, 2.05) is 0 Å². The molecule has 18 heavy (non-hydrogen) atoms. The van der Waals surface area contributed by atoms with Crippen molar-refractivity contribution < 1.29 is 19.8 Å². The minimum atomic E-state index is -1.18. The lowest BCUT2D eigenvalue weighted by atomic mass is 9.51. The molecule has 0 saturated heterocycles. The van der Waals surface area contributed by atoms with Crippen molar-refractivity contribution in [3.05, 3.63) is 0 Å². The van der Waals surface area contributed by atoms with E-state index in [2.05, 4.69) is 13.8 Å². The molecule has 4 nitrogen and oxygen atoms in total. The summed E-state index contributed by atoms with van der Waals surface area (Å²) in [5.74, 6) is -1.35. The molecular formula is C14H24O4. The third-order valence-electron chi connectivity index (χ3n) is 5.22. The van der Waals surface area contributed by atoms with Crippen LogP contribution in [0.5, 0.6) is 0 Å². The quantitative estimate of drug-likeness (QED) is 0.810. The van der Waals surface area contributed by atoms with Crippen molar-refractivity contribution in [2.24, 2.45) is 22.7 Å². The molecule has 0 amide bonds. The van der Waals surface area contributed by atoms with Gasteiger partial charge in [-0.1, -0.05) is 26.7 Å². The smallest absolute Gasteiger partial charge is 0.310 e. The largest absolute Gasteiger partial charge is 0.481 e. The molecule has 0 aromatic rings. The summed E-state index contributed by atoms with van der Waals surface area (Å²) in [6.07, 6.45) is 2.74. The zero-order chi connectivity index (χ0) is 14.1. The Hall–Kier alpha value is -1.06. The first-order chi connectivity index (χ1) is 8.22. The van der Waals surface area contributed by atoms with Crippen LogP contribution in [0.25, 0.3) is 0 Å². The molecule has 1 rings (SSSR count). The van der Waals surface area contributed by atoms with Crippen LogP contribution in [0.3, 0.4) is 0 Å². The zero-order valence-electron chi connectivity index (χ0n) is 11.7. The molecule has 0 aromatic carbocycles. The Morgan fingerprint density at radius 1 is 0.944 bits per heavy atom. The van der Waals surface area contributed by atoms with Crippen molar-refractivity contribution >= 4 is 11.9 Å². The van der Waals surface area contributed by atoms with Gasteiger partial charge in [-0.2, -0.15) is 0 Å². The molecule has 0 spiro atoms. The van der Waals surface area contributed by atoms with Crippen LogP contribution in [-0.4, -0.2) is 22.2 Å². The first kappa shape index (κ1) is 15.0. The Labute approximate surface area is 108 Å². The van der Waals surface area contributed by atoms with E-state index in [4.69, 9.17) is 0 Å². The summed E-state index contributed by atoms with van der Waals surface area (Å²) >= 11 is 0. The first-order valence-electron chi connectivity index (χ1n) is 6.69. The van der Waals surface area contributed by atoms with Crippen LogP contribution in [0.1, 0.15) is 53.4 Å². The van der Waals surface area contributed by atoms with Crippen LogP contribution in [0.2, 0.25) is 0 Å². The Morgan fingerprint density at radius 3 is 1.39 bits per heavy atom. The van der Waals surface area contributed by atoms with Gasteiger partial charge >= 0.3 is 11.9 Å². The van der Waals surface area contributed by atoms with Gasteiger partial charge in [-0.3, -0.25) is 9.59 Å². The van der Waals surface area contributed by atoms with Gasteiger partial charge in [0.1, 0.15) is 0 Å². The van der Waals surface area contributed by atoms with Crippen LogP contribution in [0.4, 0.5) is 0 Å². The Balaban J connectivity index is 3.22. The normalized spacial score (nSPS) is 40.4. The monoisotopic (exact) mass is 256 g/mol. The van der Waals surface area contributed by atoms with Crippen molar-refractivity contribution in [3.63, 3.8) is 0 Å². The molecule has 1 fully saturated rings. The lowest BCUT2D eigenvalue weighted by Crippen LogP contribution is -2.55. The number of carbonyl (C=O) groups is 2. The summed E-state index contributed by atoms with van der Waals surface area (Å²) < 4.78 is 0. The van der Waals surface area contributed by atoms with Crippen molar-refractivity contribution in [1.82, 2.24) is 0 Å². The molecule has 4 unspecified atom stereocenters. The molecule has 0 aliphatic heterocycles. The van der Waals surface area contributed by atoms with Gasteiger partial charge in [-0.15, -0.1) is 0 Å². The van der Waals surface area contributed by atoms with Crippen LogP contribution in [0.15, 0.2) is 0 Å². The number of hydrogen-bond donors (Lipinski definition) is 2. The summed E-state index contributed by atoms with van der Waals surface area (Å²) in [5, 5.41) is 19.0. The molecule has 4 heteroatoms. The number of carboxylic acids is 2. The molecule has 1 aliphatic rings.